The fourth-order valence-corrected chi connectivity index (χ4v) is 7.35. The minimum atomic E-state index is -1.13. The van der Waals surface area contributed by atoms with Crippen LogP contribution in [-0.2, 0) is 11.2 Å². The van der Waals surface area contributed by atoms with Crippen LogP contribution in [-0.4, -0.2) is 105 Å². The number of nitrogens with zero attached hydrogens (tertiary/aromatic N) is 5. The highest BCUT2D eigenvalue weighted by molar-refractivity contribution is 5.85. The molecule has 7 N–H and O–H groups in total. The first-order chi connectivity index (χ1) is 24.4. The van der Waals surface area contributed by atoms with Crippen LogP contribution >= 0.6 is 0 Å². The fourth-order valence-electron chi connectivity index (χ4n) is 7.35. The first-order valence-corrected chi connectivity index (χ1v) is 17.7. The molecule has 0 unspecified atom stereocenters. The number of fused-ring (bicyclic) bond motifs is 1. The van der Waals surface area contributed by atoms with Crippen molar-refractivity contribution >= 4 is 34.9 Å². The van der Waals surface area contributed by atoms with Crippen molar-refractivity contribution in [2.75, 3.05) is 42.9 Å². The molecule has 7 rings (SSSR count). The normalized spacial score (nSPS) is 24.8. The molecule has 3 aliphatic rings. The van der Waals surface area contributed by atoms with Crippen molar-refractivity contribution in [1.29, 1.82) is 0 Å². The van der Waals surface area contributed by atoms with Crippen molar-refractivity contribution in [1.82, 2.24) is 40.8 Å². The van der Waals surface area contributed by atoms with Crippen molar-refractivity contribution in [3.8, 4) is 11.1 Å². The van der Waals surface area contributed by atoms with Crippen LogP contribution in [0.2, 0.25) is 0 Å². The summed E-state index contributed by atoms with van der Waals surface area (Å²) >= 11 is 0. The number of amides is 3. The van der Waals surface area contributed by atoms with Crippen molar-refractivity contribution in [2.45, 2.75) is 75.4 Å². The molecule has 3 amide bonds. The molecule has 4 heterocycles. The largest absolute Gasteiger partial charge is 0.388 e. The van der Waals surface area contributed by atoms with Gasteiger partial charge in [0.2, 0.25) is 11.9 Å². The van der Waals surface area contributed by atoms with Gasteiger partial charge in [0.15, 0.2) is 17.0 Å². The lowest BCUT2D eigenvalue weighted by Gasteiger charge is -2.21. The van der Waals surface area contributed by atoms with E-state index in [2.05, 4.69) is 55.7 Å². The number of hydrogen-bond donors (Lipinski definition) is 7. The SMILES string of the molecule is CCC(=O)N[C@H]1C[C@@H](n2cnc3c(NCCc4ccccc4-c4ccccc4)nc(N4CC[C@@H](NC(=O)N[C@@H]5CCNC5)C4)nc32)[C@H](O)[C@@H]1O. The molecule has 6 atom stereocenters. The predicted octanol–water partition coefficient (Wildman–Crippen LogP) is 1.95. The highest BCUT2D eigenvalue weighted by Gasteiger charge is 2.44. The van der Waals surface area contributed by atoms with Gasteiger partial charge in [0.1, 0.15) is 12.2 Å². The number of imidazole rings is 1. The average molecular weight is 683 g/mol. The Balaban J connectivity index is 1.14. The molecule has 3 fully saturated rings. The van der Waals surface area contributed by atoms with E-state index in [9.17, 15) is 19.8 Å². The Morgan fingerprint density at radius 1 is 0.960 bits per heavy atom. The maximum atomic E-state index is 12.7. The topological polar surface area (TPSA) is 182 Å². The molecule has 264 valence electrons. The molecule has 14 heteroatoms. The van der Waals surface area contributed by atoms with Gasteiger partial charge in [0.05, 0.1) is 18.4 Å². The van der Waals surface area contributed by atoms with E-state index in [0.717, 1.165) is 37.9 Å². The number of aromatic nitrogens is 4. The molecule has 1 saturated carbocycles. The minimum Gasteiger partial charge on any atom is -0.388 e. The maximum Gasteiger partial charge on any atom is 0.315 e. The van der Waals surface area contributed by atoms with Crippen LogP contribution in [0.15, 0.2) is 60.9 Å². The number of rotatable bonds is 11. The molecular formula is C36H46N10O4. The van der Waals surface area contributed by atoms with E-state index >= 15 is 0 Å². The summed E-state index contributed by atoms with van der Waals surface area (Å²) in [6.07, 6.45) is 2.35. The molecule has 4 aromatic rings. The predicted molar refractivity (Wildman–Crippen MR) is 191 cm³/mol. The third-order valence-corrected chi connectivity index (χ3v) is 10.1. The van der Waals surface area contributed by atoms with Gasteiger partial charge in [-0.1, -0.05) is 61.5 Å². The Hall–Kier alpha value is -4.79. The van der Waals surface area contributed by atoms with Gasteiger partial charge in [-0.05, 0) is 48.9 Å². The first kappa shape index (κ1) is 33.7. The Morgan fingerprint density at radius 3 is 2.56 bits per heavy atom. The number of nitrogens with one attached hydrogen (secondary N) is 5. The van der Waals surface area contributed by atoms with E-state index in [1.807, 2.05) is 30.3 Å². The van der Waals surface area contributed by atoms with Gasteiger partial charge < -0.3 is 46.3 Å². The highest BCUT2D eigenvalue weighted by atomic mass is 16.3. The minimum absolute atomic E-state index is 0.0748. The molecule has 0 radical (unpaired) electrons. The third kappa shape index (κ3) is 7.23. The van der Waals surface area contributed by atoms with Gasteiger partial charge in [0.25, 0.3) is 0 Å². The van der Waals surface area contributed by atoms with E-state index < -0.39 is 24.3 Å². The number of aliphatic hydroxyl groups is 2. The molecule has 1 aliphatic carbocycles. The number of carbonyl (C=O) groups is 2. The van der Waals surface area contributed by atoms with Gasteiger partial charge in [-0.3, -0.25) is 4.79 Å². The first-order valence-electron chi connectivity index (χ1n) is 17.7. The smallest absolute Gasteiger partial charge is 0.315 e. The zero-order valence-electron chi connectivity index (χ0n) is 28.3. The number of aliphatic hydroxyl groups excluding tert-OH is 2. The van der Waals surface area contributed by atoms with E-state index in [4.69, 9.17) is 15.0 Å². The molecule has 0 bridgehead atoms. The molecule has 2 aromatic heterocycles. The van der Waals surface area contributed by atoms with Crippen molar-refractivity contribution in [2.24, 2.45) is 0 Å². The van der Waals surface area contributed by atoms with Crippen LogP contribution in [0.5, 0.6) is 0 Å². The van der Waals surface area contributed by atoms with Crippen LogP contribution in [0.3, 0.4) is 0 Å². The van der Waals surface area contributed by atoms with Crippen LogP contribution in [0, 0.1) is 0 Å². The number of urea groups is 1. The second-order valence-corrected chi connectivity index (χ2v) is 13.4. The Labute approximate surface area is 291 Å². The number of hydrogen-bond acceptors (Lipinski definition) is 10. The molecule has 50 heavy (non-hydrogen) atoms. The molecular weight excluding hydrogens is 636 g/mol. The van der Waals surface area contributed by atoms with E-state index in [1.165, 1.54) is 11.1 Å². The monoisotopic (exact) mass is 682 g/mol. The Kier molecular flexibility index (Phi) is 10.1. The zero-order valence-corrected chi connectivity index (χ0v) is 28.3. The number of carbonyl (C=O) groups excluding carboxylic acids is 2. The number of benzene rings is 2. The lowest BCUT2D eigenvalue weighted by Crippen LogP contribution is -2.47. The van der Waals surface area contributed by atoms with Gasteiger partial charge in [-0.2, -0.15) is 9.97 Å². The van der Waals surface area contributed by atoms with Crippen molar-refractivity contribution < 1.29 is 19.8 Å². The van der Waals surface area contributed by atoms with E-state index in [0.29, 0.717) is 49.0 Å². The molecule has 2 aromatic carbocycles. The van der Waals surface area contributed by atoms with Crippen LogP contribution in [0.25, 0.3) is 22.3 Å². The molecule has 2 aliphatic heterocycles. The zero-order chi connectivity index (χ0) is 34.6. The fraction of sp³-hybridized carbons (Fsp3) is 0.472. The summed E-state index contributed by atoms with van der Waals surface area (Å²) < 4.78 is 1.79. The van der Waals surface area contributed by atoms with E-state index in [-0.39, 0.29) is 30.4 Å². The maximum absolute atomic E-state index is 12.7. The summed E-state index contributed by atoms with van der Waals surface area (Å²) in [5.74, 6) is 0.862. The quantitative estimate of drug-likeness (QED) is 0.124. The second-order valence-electron chi connectivity index (χ2n) is 13.4. The number of anilines is 2. The summed E-state index contributed by atoms with van der Waals surface area (Å²) in [5.41, 5.74) is 4.60. The third-order valence-electron chi connectivity index (χ3n) is 10.1. The molecule has 14 nitrogen and oxygen atoms in total. The lowest BCUT2D eigenvalue weighted by atomic mass is 9.98. The van der Waals surface area contributed by atoms with Gasteiger partial charge >= 0.3 is 6.03 Å². The summed E-state index contributed by atoms with van der Waals surface area (Å²) in [4.78, 5) is 41.5. The van der Waals surface area contributed by atoms with Crippen molar-refractivity contribution in [3.63, 3.8) is 0 Å². The molecule has 0 spiro atoms. The molecule has 2 saturated heterocycles. The van der Waals surface area contributed by atoms with Gasteiger partial charge in [0, 0.05) is 44.7 Å². The summed E-state index contributed by atoms with van der Waals surface area (Å²) in [6.45, 7) is 5.19. The second kappa shape index (κ2) is 15.0. The average Bonchev–Trinajstić information content (AvgIpc) is 3.95. The van der Waals surface area contributed by atoms with Gasteiger partial charge in [-0.25, -0.2) is 9.78 Å². The summed E-state index contributed by atoms with van der Waals surface area (Å²) in [6, 6.07) is 17.4. The van der Waals surface area contributed by atoms with Crippen LogP contribution < -0.4 is 31.5 Å². The Bertz CT molecular complexity index is 1800. The standard InChI is InChI=1S/C36H46N10O4/c1-2-29(47)42-27-18-28(32(49)31(27)48)46-21-39-30-33(38-16-12-23-10-6-7-11-26(23)22-8-4-3-5-9-22)43-35(44-34(30)46)45-17-14-25(20-45)41-36(50)40-24-13-15-37-19-24/h3-11,21,24-25,27-28,31-32,37,48-49H,2,12-20H2,1H3,(H,42,47)(H,38,43,44)(H2,40,41,50)/t24-,25-,27+,28-,31-,32+/m1/s1. The van der Waals surface area contributed by atoms with Crippen LogP contribution in [0.1, 0.15) is 44.2 Å². The van der Waals surface area contributed by atoms with Crippen LogP contribution in [0.4, 0.5) is 16.6 Å². The summed E-state index contributed by atoms with van der Waals surface area (Å²) in [7, 11) is 0. The summed E-state index contributed by atoms with van der Waals surface area (Å²) in [5, 5.41) is 37.8. The lowest BCUT2D eigenvalue weighted by molar-refractivity contribution is -0.122. The van der Waals surface area contributed by atoms with Crippen molar-refractivity contribution in [3.05, 3.63) is 66.5 Å². The Morgan fingerprint density at radius 2 is 1.76 bits per heavy atom. The van der Waals surface area contributed by atoms with E-state index in [1.54, 1.807) is 17.8 Å². The van der Waals surface area contributed by atoms with Gasteiger partial charge in [-0.15, -0.1) is 0 Å². The highest BCUT2D eigenvalue weighted by Crippen LogP contribution is 2.35.